The highest BCUT2D eigenvalue weighted by Crippen LogP contribution is 2.26. The number of halogens is 1. The van der Waals surface area contributed by atoms with Crippen LogP contribution >= 0.6 is 11.6 Å². The van der Waals surface area contributed by atoms with Crippen molar-refractivity contribution in [1.82, 2.24) is 9.80 Å². The lowest BCUT2D eigenvalue weighted by Crippen LogP contribution is -2.51. The van der Waals surface area contributed by atoms with Crippen LogP contribution in [0.1, 0.15) is 17.5 Å². The number of carbonyl (C=O) groups is 3. The van der Waals surface area contributed by atoms with Gasteiger partial charge < -0.3 is 24.9 Å². The van der Waals surface area contributed by atoms with E-state index in [0.29, 0.717) is 48.3 Å². The first-order valence-corrected chi connectivity index (χ1v) is 8.77. The van der Waals surface area contributed by atoms with Crippen molar-refractivity contribution in [3.05, 3.63) is 47.4 Å². The summed E-state index contributed by atoms with van der Waals surface area (Å²) in [6.45, 7) is 3.05. The summed E-state index contributed by atoms with van der Waals surface area (Å²) < 4.78 is 5.12. The molecule has 0 bridgehead atoms. The predicted molar refractivity (Wildman–Crippen MR) is 101 cm³/mol. The van der Waals surface area contributed by atoms with E-state index >= 15 is 0 Å². The van der Waals surface area contributed by atoms with Crippen molar-refractivity contribution in [2.45, 2.75) is 6.92 Å². The molecule has 0 saturated carbocycles. The lowest BCUT2D eigenvalue weighted by Gasteiger charge is -2.34. The van der Waals surface area contributed by atoms with Gasteiger partial charge in [0.1, 0.15) is 0 Å². The van der Waals surface area contributed by atoms with Crippen molar-refractivity contribution in [1.29, 1.82) is 0 Å². The van der Waals surface area contributed by atoms with E-state index in [-0.39, 0.29) is 17.8 Å². The fraction of sp³-hybridized carbons (Fsp3) is 0.278. The monoisotopic (exact) mass is 390 g/mol. The van der Waals surface area contributed by atoms with Crippen LogP contribution in [0.2, 0.25) is 5.02 Å². The second-order valence-corrected chi connectivity index (χ2v) is 6.47. The summed E-state index contributed by atoms with van der Waals surface area (Å²) in [7, 11) is 0. The summed E-state index contributed by atoms with van der Waals surface area (Å²) in [5.74, 6) is -0.0968. The normalized spacial score (nSPS) is 14.0. The number of nitrogens with zero attached hydrogens (tertiary/aromatic N) is 2. The van der Waals surface area contributed by atoms with E-state index in [0.717, 1.165) is 0 Å². The van der Waals surface area contributed by atoms with Crippen LogP contribution in [0.3, 0.4) is 0 Å². The van der Waals surface area contributed by atoms with Crippen LogP contribution in [0.15, 0.2) is 41.0 Å². The molecule has 9 heteroatoms. The number of amides is 4. The first kappa shape index (κ1) is 18.8. The van der Waals surface area contributed by atoms with Crippen molar-refractivity contribution in [3.8, 4) is 0 Å². The summed E-state index contributed by atoms with van der Waals surface area (Å²) >= 11 is 6.17. The lowest BCUT2D eigenvalue weighted by atomic mass is 10.2. The maximum atomic E-state index is 12.5. The molecule has 2 heterocycles. The fourth-order valence-corrected chi connectivity index (χ4v) is 2.99. The number of benzene rings is 1. The fourth-order valence-electron chi connectivity index (χ4n) is 2.76. The number of furan rings is 1. The van der Waals surface area contributed by atoms with Gasteiger partial charge in [-0.2, -0.15) is 0 Å². The Labute approximate surface area is 161 Å². The van der Waals surface area contributed by atoms with Crippen molar-refractivity contribution in [2.24, 2.45) is 0 Å². The Morgan fingerprint density at radius 1 is 1.04 bits per heavy atom. The minimum atomic E-state index is -0.297. The Morgan fingerprint density at radius 2 is 1.74 bits per heavy atom. The maximum absolute atomic E-state index is 12.5. The van der Waals surface area contributed by atoms with Gasteiger partial charge in [-0.1, -0.05) is 11.6 Å². The smallest absolute Gasteiger partial charge is 0.322 e. The molecule has 2 N–H and O–H groups in total. The van der Waals surface area contributed by atoms with Crippen LogP contribution in [0, 0.1) is 0 Å². The third kappa shape index (κ3) is 4.59. The molecular weight excluding hydrogens is 372 g/mol. The molecule has 1 aromatic heterocycles. The van der Waals surface area contributed by atoms with Gasteiger partial charge in [0.15, 0.2) is 5.76 Å². The molecule has 8 nitrogen and oxygen atoms in total. The number of piperazine rings is 1. The lowest BCUT2D eigenvalue weighted by molar-refractivity contribution is -0.114. The Balaban J connectivity index is 1.55. The Kier molecular flexibility index (Phi) is 5.66. The molecule has 142 valence electrons. The molecule has 1 aromatic carbocycles. The Bertz CT molecular complexity index is 845. The zero-order chi connectivity index (χ0) is 19.4. The van der Waals surface area contributed by atoms with Crippen molar-refractivity contribution >= 4 is 40.8 Å². The zero-order valence-electron chi connectivity index (χ0n) is 14.7. The highest BCUT2D eigenvalue weighted by atomic mass is 35.5. The predicted octanol–water partition coefficient (Wildman–Crippen LogP) is 2.88. The molecular formula is C18H19ClN4O4. The first-order chi connectivity index (χ1) is 12.9. The molecule has 1 saturated heterocycles. The molecule has 1 aliphatic rings. The van der Waals surface area contributed by atoms with Crippen LogP contribution in [0.4, 0.5) is 16.2 Å². The molecule has 27 heavy (non-hydrogen) atoms. The van der Waals surface area contributed by atoms with E-state index in [9.17, 15) is 14.4 Å². The minimum absolute atomic E-state index is 0.184. The van der Waals surface area contributed by atoms with Crippen LogP contribution in [-0.2, 0) is 4.79 Å². The molecule has 0 atom stereocenters. The van der Waals surface area contributed by atoms with Gasteiger partial charge in [-0.05, 0) is 30.3 Å². The van der Waals surface area contributed by atoms with Gasteiger partial charge in [-0.3, -0.25) is 9.59 Å². The van der Waals surface area contributed by atoms with Crippen molar-refractivity contribution < 1.29 is 18.8 Å². The van der Waals surface area contributed by atoms with E-state index in [1.807, 2.05) is 0 Å². The SMILES string of the molecule is CC(=O)Nc1ccc(NC(=O)N2CCN(C(=O)c3ccco3)CC2)c(Cl)c1. The molecule has 0 unspecified atom stereocenters. The average molecular weight is 391 g/mol. The van der Waals surface area contributed by atoms with Crippen LogP contribution in [0.25, 0.3) is 0 Å². The van der Waals surface area contributed by atoms with Gasteiger partial charge in [0.25, 0.3) is 5.91 Å². The third-order valence-electron chi connectivity index (χ3n) is 4.12. The first-order valence-electron chi connectivity index (χ1n) is 8.40. The molecule has 0 radical (unpaired) electrons. The van der Waals surface area contributed by atoms with Gasteiger partial charge >= 0.3 is 6.03 Å². The highest BCUT2D eigenvalue weighted by molar-refractivity contribution is 6.34. The van der Waals surface area contributed by atoms with Gasteiger partial charge in [0, 0.05) is 38.8 Å². The number of urea groups is 1. The summed E-state index contributed by atoms with van der Waals surface area (Å²) in [6.07, 6.45) is 1.46. The van der Waals surface area contributed by atoms with E-state index < -0.39 is 0 Å². The topological polar surface area (TPSA) is 94.9 Å². The number of rotatable bonds is 3. The van der Waals surface area contributed by atoms with Gasteiger partial charge in [0.05, 0.1) is 17.0 Å². The Hall–Kier alpha value is -3.00. The highest BCUT2D eigenvalue weighted by Gasteiger charge is 2.26. The number of hydrogen-bond donors (Lipinski definition) is 2. The number of anilines is 2. The van der Waals surface area contributed by atoms with Crippen LogP contribution < -0.4 is 10.6 Å². The van der Waals surface area contributed by atoms with Gasteiger partial charge in [-0.15, -0.1) is 0 Å². The summed E-state index contributed by atoms with van der Waals surface area (Å²) in [4.78, 5) is 39.0. The second kappa shape index (κ2) is 8.13. The van der Waals surface area contributed by atoms with Gasteiger partial charge in [-0.25, -0.2) is 4.79 Å². The number of nitrogens with one attached hydrogen (secondary N) is 2. The molecule has 2 aromatic rings. The molecule has 1 fully saturated rings. The number of carbonyl (C=O) groups excluding carboxylic acids is 3. The minimum Gasteiger partial charge on any atom is -0.459 e. The second-order valence-electron chi connectivity index (χ2n) is 6.06. The van der Waals surface area contributed by atoms with Crippen molar-refractivity contribution in [2.75, 3.05) is 36.8 Å². The molecule has 0 aliphatic carbocycles. The molecule has 4 amide bonds. The summed E-state index contributed by atoms with van der Waals surface area (Å²) in [6, 6.07) is 7.84. The largest absolute Gasteiger partial charge is 0.459 e. The van der Waals surface area contributed by atoms with Crippen LogP contribution in [0.5, 0.6) is 0 Å². The van der Waals surface area contributed by atoms with Crippen LogP contribution in [-0.4, -0.2) is 53.8 Å². The quantitative estimate of drug-likeness (QED) is 0.842. The summed E-state index contributed by atoms with van der Waals surface area (Å²) in [5.41, 5.74) is 1.00. The molecule has 3 rings (SSSR count). The third-order valence-corrected chi connectivity index (χ3v) is 4.43. The number of hydrogen-bond acceptors (Lipinski definition) is 4. The van der Waals surface area contributed by atoms with E-state index in [2.05, 4.69) is 10.6 Å². The maximum Gasteiger partial charge on any atom is 0.322 e. The van der Waals surface area contributed by atoms with E-state index in [1.54, 1.807) is 40.1 Å². The van der Waals surface area contributed by atoms with Crippen molar-refractivity contribution in [3.63, 3.8) is 0 Å². The molecule has 1 aliphatic heterocycles. The average Bonchev–Trinajstić information content (AvgIpc) is 3.17. The standard InChI is InChI=1S/C18H19ClN4O4/c1-12(24)20-13-4-5-15(14(19)11-13)21-18(26)23-8-6-22(7-9-23)17(25)16-3-2-10-27-16/h2-5,10-11H,6-9H2,1H3,(H,20,24)(H,21,26). The molecule has 0 spiro atoms. The zero-order valence-corrected chi connectivity index (χ0v) is 15.5. The van der Waals surface area contributed by atoms with Gasteiger partial charge in [0.2, 0.25) is 5.91 Å². The van der Waals surface area contributed by atoms with E-state index in [1.165, 1.54) is 13.2 Å². The summed E-state index contributed by atoms with van der Waals surface area (Å²) in [5, 5.41) is 5.70. The Morgan fingerprint density at radius 3 is 2.33 bits per heavy atom. The van der Waals surface area contributed by atoms with E-state index in [4.69, 9.17) is 16.0 Å².